The first-order valence-electron chi connectivity index (χ1n) is 5.48. The second kappa shape index (κ2) is 10.4. The van der Waals surface area contributed by atoms with E-state index in [4.69, 9.17) is 29.0 Å². The van der Waals surface area contributed by atoms with Gasteiger partial charge in [0.05, 0.1) is 10.6 Å². The molecule has 0 unspecified atom stereocenters. The van der Waals surface area contributed by atoms with E-state index in [1.807, 2.05) is 5.43 Å². The van der Waals surface area contributed by atoms with Crippen molar-refractivity contribution in [1.82, 2.24) is 5.43 Å². The number of carbonyl (C=O) groups is 1. The third-order valence-electron chi connectivity index (χ3n) is 1.99. The fourth-order valence-electron chi connectivity index (χ4n) is 1.07. The van der Waals surface area contributed by atoms with Crippen molar-refractivity contribution < 1.29 is 4.79 Å². The van der Waals surface area contributed by atoms with Gasteiger partial charge in [-0.2, -0.15) is 0 Å². The van der Waals surface area contributed by atoms with Gasteiger partial charge in [0.15, 0.2) is 0 Å². The molecule has 0 saturated heterocycles. The standard InChI is InChI=1S/C7H7ClN2O.C5H11Cl/c8-6-4-2-1-3-5(6)7(11)10-9;1-2-3-4-5-6/h1-4H,9H2,(H,10,11);2-5H2,1H3. The molecule has 0 fully saturated rings. The SMILES string of the molecule is CCCCCCl.NNC(=O)c1ccccc1Cl. The van der Waals surface area contributed by atoms with E-state index >= 15 is 0 Å². The van der Waals surface area contributed by atoms with Gasteiger partial charge in [0, 0.05) is 5.88 Å². The van der Waals surface area contributed by atoms with Crippen molar-refractivity contribution in [2.45, 2.75) is 26.2 Å². The fraction of sp³-hybridized carbons (Fsp3) is 0.417. The number of nitrogens with two attached hydrogens (primary N) is 1. The van der Waals surface area contributed by atoms with Gasteiger partial charge in [-0.05, 0) is 18.6 Å². The van der Waals surface area contributed by atoms with Gasteiger partial charge in [-0.1, -0.05) is 43.5 Å². The number of alkyl halides is 1. The van der Waals surface area contributed by atoms with Crippen molar-refractivity contribution >= 4 is 29.1 Å². The smallest absolute Gasteiger partial charge is 0.266 e. The summed E-state index contributed by atoms with van der Waals surface area (Å²) in [5.74, 6) is 5.36. The molecule has 3 nitrogen and oxygen atoms in total. The number of rotatable bonds is 4. The summed E-state index contributed by atoms with van der Waals surface area (Å²) in [6, 6.07) is 6.70. The van der Waals surface area contributed by atoms with Gasteiger partial charge in [-0.15, -0.1) is 11.6 Å². The van der Waals surface area contributed by atoms with Crippen molar-refractivity contribution in [3.8, 4) is 0 Å². The van der Waals surface area contributed by atoms with Crippen LogP contribution in [0, 0.1) is 0 Å². The van der Waals surface area contributed by atoms with E-state index in [1.54, 1.807) is 24.3 Å². The summed E-state index contributed by atoms with van der Waals surface area (Å²) in [6.45, 7) is 2.17. The van der Waals surface area contributed by atoms with Crippen LogP contribution in [0.25, 0.3) is 0 Å². The average molecular weight is 277 g/mol. The predicted octanol–water partition coefficient (Wildman–Crippen LogP) is 3.36. The van der Waals surface area contributed by atoms with Gasteiger partial charge < -0.3 is 0 Å². The molecule has 1 amide bonds. The Balaban J connectivity index is 0.000000366. The Hall–Kier alpha value is -0.770. The summed E-state index contributed by atoms with van der Waals surface area (Å²) in [4.78, 5) is 10.9. The molecule has 3 N–H and O–H groups in total. The van der Waals surface area contributed by atoms with Gasteiger partial charge in [0.2, 0.25) is 0 Å². The molecule has 0 aliphatic heterocycles. The van der Waals surface area contributed by atoms with E-state index < -0.39 is 0 Å². The van der Waals surface area contributed by atoms with Gasteiger partial charge in [0.25, 0.3) is 5.91 Å². The number of nitrogens with one attached hydrogen (secondary N) is 1. The van der Waals surface area contributed by atoms with Crippen LogP contribution < -0.4 is 11.3 Å². The van der Waals surface area contributed by atoms with Crippen molar-refractivity contribution in [3.05, 3.63) is 34.9 Å². The third-order valence-corrected chi connectivity index (χ3v) is 2.58. The van der Waals surface area contributed by atoms with E-state index in [2.05, 4.69) is 6.92 Å². The van der Waals surface area contributed by atoms with E-state index in [9.17, 15) is 4.79 Å². The Bertz CT molecular complexity index is 328. The Labute approximate surface area is 112 Å². The van der Waals surface area contributed by atoms with Crippen LogP contribution >= 0.6 is 23.2 Å². The number of benzene rings is 1. The summed E-state index contributed by atoms with van der Waals surface area (Å²) < 4.78 is 0. The van der Waals surface area contributed by atoms with Crippen LogP contribution in [-0.4, -0.2) is 11.8 Å². The summed E-state index contributed by atoms with van der Waals surface area (Å²) in [5, 5.41) is 0.399. The van der Waals surface area contributed by atoms with Gasteiger partial charge in [-0.3, -0.25) is 10.2 Å². The number of nitrogen functional groups attached to an aromatic ring is 1. The zero-order valence-corrected chi connectivity index (χ0v) is 11.4. The highest BCUT2D eigenvalue weighted by atomic mass is 35.5. The number of unbranched alkanes of at least 4 members (excludes halogenated alkanes) is 2. The lowest BCUT2D eigenvalue weighted by Gasteiger charge is -1.99. The van der Waals surface area contributed by atoms with Crippen LogP contribution in [-0.2, 0) is 0 Å². The molecule has 1 aromatic rings. The van der Waals surface area contributed by atoms with Crippen LogP contribution in [0.15, 0.2) is 24.3 Å². The largest absolute Gasteiger partial charge is 0.290 e. The van der Waals surface area contributed by atoms with Crippen LogP contribution in [0.4, 0.5) is 0 Å². The summed E-state index contributed by atoms with van der Waals surface area (Å²) >= 11 is 11.1. The average Bonchev–Trinajstić information content (AvgIpc) is 2.37. The van der Waals surface area contributed by atoms with E-state index in [0.717, 1.165) is 5.88 Å². The second-order valence-corrected chi connectivity index (χ2v) is 4.13. The molecule has 0 aliphatic carbocycles. The highest BCUT2D eigenvalue weighted by molar-refractivity contribution is 6.33. The fourth-order valence-corrected chi connectivity index (χ4v) is 1.48. The quantitative estimate of drug-likeness (QED) is 0.291. The number of carbonyl (C=O) groups excluding carboxylic acids is 1. The zero-order valence-electron chi connectivity index (χ0n) is 9.88. The number of hydrogen-bond acceptors (Lipinski definition) is 2. The van der Waals surface area contributed by atoms with Gasteiger partial charge >= 0.3 is 0 Å². The molecule has 5 heteroatoms. The molecule has 0 saturated carbocycles. The molecular formula is C12H18Cl2N2O. The number of hydrogen-bond donors (Lipinski definition) is 2. The van der Waals surface area contributed by atoms with Crippen molar-refractivity contribution in [1.29, 1.82) is 0 Å². The molecule has 0 bridgehead atoms. The Morgan fingerprint density at radius 3 is 2.41 bits per heavy atom. The van der Waals surface area contributed by atoms with E-state index in [1.165, 1.54) is 19.3 Å². The van der Waals surface area contributed by atoms with Gasteiger partial charge in [-0.25, -0.2) is 5.84 Å². The molecule has 1 rings (SSSR count). The third kappa shape index (κ3) is 7.21. The van der Waals surface area contributed by atoms with E-state index in [0.29, 0.717) is 10.6 Å². The minimum atomic E-state index is -0.379. The molecular weight excluding hydrogens is 259 g/mol. The van der Waals surface area contributed by atoms with Crippen LogP contribution in [0.5, 0.6) is 0 Å². The summed E-state index contributed by atoms with van der Waals surface area (Å²) in [6.07, 6.45) is 3.73. The van der Waals surface area contributed by atoms with Crippen LogP contribution in [0.3, 0.4) is 0 Å². The maximum absolute atomic E-state index is 10.9. The molecule has 0 aromatic heterocycles. The Morgan fingerprint density at radius 2 is 2.00 bits per heavy atom. The Morgan fingerprint density at radius 1 is 1.35 bits per heavy atom. The highest BCUT2D eigenvalue weighted by Gasteiger charge is 2.05. The molecule has 96 valence electrons. The highest BCUT2D eigenvalue weighted by Crippen LogP contribution is 2.13. The van der Waals surface area contributed by atoms with Gasteiger partial charge in [0.1, 0.15) is 0 Å². The molecule has 0 radical (unpaired) electrons. The van der Waals surface area contributed by atoms with Crippen LogP contribution in [0.1, 0.15) is 36.5 Å². The van der Waals surface area contributed by atoms with Crippen molar-refractivity contribution in [3.63, 3.8) is 0 Å². The first-order chi connectivity index (χ1) is 8.17. The lowest BCUT2D eigenvalue weighted by Crippen LogP contribution is -2.30. The first-order valence-corrected chi connectivity index (χ1v) is 6.40. The topological polar surface area (TPSA) is 55.1 Å². The summed E-state index contributed by atoms with van der Waals surface area (Å²) in [5.41, 5.74) is 2.38. The van der Waals surface area contributed by atoms with E-state index in [-0.39, 0.29) is 5.91 Å². The molecule has 0 atom stereocenters. The number of hydrazine groups is 1. The lowest BCUT2D eigenvalue weighted by atomic mass is 10.2. The summed E-state index contributed by atoms with van der Waals surface area (Å²) in [7, 11) is 0. The maximum atomic E-state index is 10.9. The number of halogens is 2. The normalized spacial score (nSPS) is 9.18. The molecule has 0 heterocycles. The van der Waals surface area contributed by atoms with Crippen molar-refractivity contribution in [2.75, 3.05) is 5.88 Å². The maximum Gasteiger partial charge on any atom is 0.266 e. The second-order valence-electron chi connectivity index (χ2n) is 3.35. The monoisotopic (exact) mass is 276 g/mol. The first kappa shape index (κ1) is 16.2. The lowest BCUT2D eigenvalue weighted by molar-refractivity contribution is 0.0954. The molecule has 0 spiro atoms. The predicted molar refractivity (Wildman–Crippen MR) is 73.4 cm³/mol. The van der Waals surface area contributed by atoms with Crippen molar-refractivity contribution in [2.24, 2.45) is 5.84 Å². The minimum absolute atomic E-state index is 0.379. The van der Waals surface area contributed by atoms with Crippen LogP contribution in [0.2, 0.25) is 5.02 Å². The number of amides is 1. The molecule has 1 aromatic carbocycles. The minimum Gasteiger partial charge on any atom is -0.290 e. The molecule has 0 aliphatic rings. The Kier molecular flexibility index (Phi) is 9.92. The molecule has 17 heavy (non-hydrogen) atoms. The zero-order chi connectivity index (χ0) is 13.1.